The fourth-order valence-electron chi connectivity index (χ4n) is 1.42. The molecule has 4 nitrogen and oxygen atoms in total. The Hall–Kier alpha value is -0.860. The van der Waals surface area contributed by atoms with Gasteiger partial charge >= 0.3 is 0 Å². The predicted molar refractivity (Wildman–Crippen MR) is 62.2 cm³/mol. The summed E-state index contributed by atoms with van der Waals surface area (Å²) in [6, 6.07) is 2.13. The lowest BCUT2D eigenvalue weighted by molar-refractivity contribution is 0.354. The third-order valence-corrected chi connectivity index (χ3v) is 3.18. The third-order valence-electron chi connectivity index (χ3n) is 2.26. The maximum atomic E-state index is 8.58. The highest BCUT2D eigenvalue weighted by molar-refractivity contribution is 9.10. The van der Waals surface area contributed by atoms with Crippen molar-refractivity contribution in [3.63, 3.8) is 0 Å². The fourth-order valence-corrected chi connectivity index (χ4v) is 2.17. The van der Waals surface area contributed by atoms with Crippen molar-refractivity contribution >= 4 is 15.9 Å². The second-order valence-electron chi connectivity index (χ2n) is 3.51. The molecule has 82 valence electrons. The SMILES string of the molecule is CCc1nn(C)c(CN(C)CC#N)c1Br. The van der Waals surface area contributed by atoms with E-state index >= 15 is 0 Å². The van der Waals surface area contributed by atoms with Crippen LogP contribution >= 0.6 is 15.9 Å². The lowest BCUT2D eigenvalue weighted by Gasteiger charge is -2.12. The molecule has 0 atom stereocenters. The van der Waals surface area contributed by atoms with Gasteiger partial charge in [-0.3, -0.25) is 9.58 Å². The highest BCUT2D eigenvalue weighted by Crippen LogP contribution is 2.22. The monoisotopic (exact) mass is 270 g/mol. The first kappa shape index (κ1) is 12.2. The van der Waals surface area contributed by atoms with E-state index in [9.17, 15) is 0 Å². The van der Waals surface area contributed by atoms with E-state index in [4.69, 9.17) is 5.26 Å². The molecule has 0 N–H and O–H groups in total. The van der Waals surface area contributed by atoms with Gasteiger partial charge < -0.3 is 0 Å². The van der Waals surface area contributed by atoms with Crippen molar-refractivity contribution < 1.29 is 0 Å². The van der Waals surface area contributed by atoms with Crippen molar-refractivity contribution in [3.8, 4) is 6.07 Å². The zero-order valence-corrected chi connectivity index (χ0v) is 10.9. The van der Waals surface area contributed by atoms with Crippen LogP contribution in [0.3, 0.4) is 0 Å². The fraction of sp³-hybridized carbons (Fsp3) is 0.600. The molecule has 1 rings (SSSR count). The molecule has 0 saturated carbocycles. The summed E-state index contributed by atoms with van der Waals surface area (Å²) >= 11 is 3.55. The molecule has 5 heteroatoms. The van der Waals surface area contributed by atoms with Crippen LogP contribution in [-0.4, -0.2) is 28.3 Å². The van der Waals surface area contributed by atoms with Crippen molar-refractivity contribution in [2.45, 2.75) is 19.9 Å². The molecule has 0 amide bonds. The van der Waals surface area contributed by atoms with Crippen molar-refractivity contribution in [1.29, 1.82) is 5.26 Å². The first-order valence-corrected chi connectivity index (χ1v) is 5.65. The molecule has 0 bridgehead atoms. The average molecular weight is 271 g/mol. The Bertz CT molecular complexity index is 378. The van der Waals surface area contributed by atoms with E-state index in [-0.39, 0.29) is 0 Å². The molecule has 0 aromatic carbocycles. The van der Waals surface area contributed by atoms with Gasteiger partial charge in [-0.2, -0.15) is 10.4 Å². The van der Waals surface area contributed by atoms with E-state index in [1.807, 2.05) is 23.7 Å². The van der Waals surface area contributed by atoms with Crippen LogP contribution in [0.2, 0.25) is 0 Å². The normalized spacial score (nSPS) is 10.7. The van der Waals surface area contributed by atoms with E-state index in [0.29, 0.717) is 6.54 Å². The van der Waals surface area contributed by atoms with Gasteiger partial charge in [0.1, 0.15) is 0 Å². The van der Waals surface area contributed by atoms with Gasteiger partial charge in [-0.05, 0) is 29.4 Å². The number of nitriles is 1. The molecule has 1 heterocycles. The van der Waals surface area contributed by atoms with Crippen LogP contribution in [0.1, 0.15) is 18.3 Å². The van der Waals surface area contributed by atoms with Crippen LogP contribution in [0.5, 0.6) is 0 Å². The predicted octanol–water partition coefficient (Wildman–Crippen LogP) is 1.70. The summed E-state index contributed by atoms with van der Waals surface area (Å²) in [5.41, 5.74) is 2.18. The molecular formula is C10H15BrN4. The van der Waals surface area contributed by atoms with Gasteiger partial charge in [-0.25, -0.2) is 0 Å². The number of rotatable bonds is 4. The molecule has 0 aliphatic rings. The minimum atomic E-state index is 0.430. The lowest BCUT2D eigenvalue weighted by atomic mass is 10.3. The quantitative estimate of drug-likeness (QED) is 0.783. The van der Waals surface area contributed by atoms with E-state index in [2.05, 4.69) is 34.0 Å². The number of halogens is 1. The Labute approximate surface area is 98.6 Å². The largest absolute Gasteiger partial charge is 0.288 e. The topological polar surface area (TPSA) is 44.9 Å². The van der Waals surface area contributed by atoms with E-state index < -0.39 is 0 Å². The van der Waals surface area contributed by atoms with Gasteiger partial charge in [0.2, 0.25) is 0 Å². The van der Waals surface area contributed by atoms with Crippen LogP contribution in [0.25, 0.3) is 0 Å². The second kappa shape index (κ2) is 5.29. The Morgan fingerprint density at radius 3 is 2.73 bits per heavy atom. The lowest BCUT2D eigenvalue weighted by Crippen LogP contribution is -2.19. The van der Waals surface area contributed by atoms with E-state index in [1.165, 1.54) is 0 Å². The van der Waals surface area contributed by atoms with Crippen molar-refractivity contribution in [2.24, 2.45) is 7.05 Å². The molecule has 15 heavy (non-hydrogen) atoms. The summed E-state index contributed by atoms with van der Waals surface area (Å²) < 4.78 is 2.94. The number of aromatic nitrogens is 2. The molecule has 0 spiro atoms. The Morgan fingerprint density at radius 2 is 2.27 bits per heavy atom. The van der Waals surface area contributed by atoms with E-state index in [1.54, 1.807) is 0 Å². The first-order chi connectivity index (χ1) is 7.10. The Morgan fingerprint density at radius 1 is 1.60 bits per heavy atom. The van der Waals surface area contributed by atoms with Crippen molar-refractivity contribution in [1.82, 2.24) is 14.7 Å². The minimum Gasteiger partial charge on any atom is -0.288 e. The highest BCUT2D eigenvalue weighted by Gasteiger charge is 2.13. The van der Waals surface area contributed by atoms with Crippen molar-refractivity contribution in [2.75, 3.05) is 13.6 Å². The molecule has 0 aliphatic carbocycles. The summed E-state index contributed by atoms with van der Waals surface area (Å²) in [5, 5.41) is 13.0. The molecule has 0 unspecified atom stereocenters. The maximum absolute atomic E-state index is 8.58. The summed E-state index contributed by atoms with van der Waals surface area (Å²) in [4.78, 5) is 1.96. The van der Waals surface area contributed by atoms with Crippen LogP contribution in [0.15, 0.2) is 4.47 Å². The first-order valence-electron chi connectivity index (χ1n) is 4.85. The molecule has 1 aromatic heterocycles. The maximum Gasteiger partial charge on any atom is 0.0866 e. The smallest absolute Gasteiger partial charge is 0.0866 e. The van der Waals surface area contributed by atoms with Gasteiger partial charge in [0, 0.05) is 13.6 Å². The Kier molecular flexibility index (Phi) is 4.30. The molecular weight excluding hydrogens is 256 g/mol. The third kappa shape index (κ3) is 2.80. The van der Waals surface area contributed by atoms with Gasteiger partial charge in [-0.15, -0.1) is 0 Å². The van der Waals surface area contributed by atoms with Crippen molar-refractivity contribution in [3.05, 3.63) is 15.9 Å². The van der Waals surface area contributed by atoms with Gasteiger partial charge in [0.15, 0.2) is 0 Å². The molecule has 0 saturated heterocycles. The van der Waals surface area contributed by atoms with Gasteiger partial charge in [-0.1, -0.05) is 6.92 Å². The number of hydrogen-bond donors (Lipinski definition) is 0. The molecule has 0 fully saturated rings. The zero-order valence-electron chi connectivity index (χ0n) is 9.29. The summed E-state index contributed by atoms with van der Waals surface area (Å²) in [6.07, 6.45) is 0.913. The molecule has 0 radical (unpaired) electrons. The zero-order chi connectivity index (χ0) is 11.4. The number of aryl methyl sites for hydroxylation is 2. The summed E-state index contributed by atoms with van der Waals surface area (Å²) in [6.45, 7) is 3.24. The van der Waals surface area contributed by atoms with E-state index in [0.717, 1.165) is 28.8 Å². The summed E-state index contributed by atoms with van der Waals surface area (Å²) in [7, 11) is 3.85. The average Bonchev–Trinajstić information content (AvgIpc) is 2.45. The standard InChI is InChI=1S/C10H15BrN4/c1-4-8-10(11)9(15(3)13-8)7-14(2)6-5-12/h4,6-7H2,1-3H3. The van der Waals surface area contributed by atoms with Crippen LogP contribution in [0, 0.1) is 11.3 Å². The number of nitrogens with zero attached hydrogens (tertiary/aromatic N) is 4. The number of hydrogen-bond acceptors (Lipinski definition) is 3. The van der Waals surface area contributed by atoms with Crippen LogP contribution in [0.4, 0.5) is 0 Å². The van der Waals surface area contributed by atoms with Crippen LogP contribution in [-0.2, 0) is 20.0 Å². The van der Waals surface area contributed by atoms with Gasteiger partial charge in [0.25, 0.3) is 0 Å². The van der Waals surface area contributed by atoms with Crippen LogP contribution < -0.4 is 0 Å². The van der Waals surface area contributed by atoms with Gasteiger partial charge in [0.05, 0.1) is 28.5 Å². The minimum absolute atomic E-state index is 0.430. The summed E-state index contributed by atoms with van der Waals surface area (Å²) in [5.74, 6) is 0. The second-order valence-corrected chi connectivity index (χ2v) is 4.31. The Balaban J connectivity index is 2.85. The highest BCUT2D eigenvalue weighted by atomic mass is 79.9. The molecule has 0 aliphatic heterocycles. The molecule has 1 aromatic rings.